The number of rotatable bonds is 1. The first-order valence-electron chi connectivity index (χ1n) is 5.22. The zero-order valence-electron chi connectivity index (χ0n) is 8.48. The highest BCUT2D eigenvalue weighted by Crippen LogP contribution is 2.39. The third-order valence-corrected chi connectivity index (χ3v) is 3.11. The minimum atomic E-state index is 0.0242. The summed E-state index contributed by atoms with van der Waals surface area (Å²) in [5.41, 5.74) is 2.34. The van der Waals surface area contributed by atoms with Gasteiger partial charge in [0.25, 0.3) is 0 Å². The zero-order valence-corrected chi connectivity index (χ0v) is 8.48. The molecule has 1 aliphatic rings. The third-order valence-electron chi connectivity index (χ3n) is 3.11. The Labute approximate surface area is 89.8 Å². The van der Waals surface area contributed by atoms with Crippen LogP contribution in [0.5, 0.6) is 0 Å². The normalized spacial score (nSPS) is 23.6. The number of nitrogens with zero attached hydrogens (tertiary/aromatic N) is 2. The number of hydrogen-bond donors (Lipinski definition) is 0. The van der Waals surface area contributed by atoms with Gasteiger partial charge in [-0.1, -0.05) is 24.3 Å². The van der Waals surface area contributed by atoms with E-state index in [-0.39, 0.29) is 5.92 Å². The first kappa shape index (κ1) is 9.74. The van der Waals surface area contributed by atoms with Crippen LogP contribution >= 0.6 is 0 Å². The molecule has 2 unspecified atom stereocenters. The van der Waals surface area contributed by atoms with Crippen molar-refractivity contribution in [3.8, 4) is 12.1 Å². The van der Waals surface area contributed by atoms with E-state index in [0.717, 1.165) is 18.4 Å². The molecule has 0 fully saturated rings. The smallest absolute Gasteiger partial charge is 0.0715 e. The van der Waals surface area contributed by atoms with Crippen molar-refractivity contribution >= 4 is 0 Å². The van der Waals surface area contributed by atoms with Gasteiger partial charge in [-0.05, 0) is 29.9 Å². The summed E-state index contributed by atoms with van der Waals surface area (Å²) in [5, 5.41) is 17.8. The summed E-state index contributed by atoms with van der Waals surface area (Å²) >= 11 is 0. The van der Waals surface area contributed by atoms with Crippen molar-refractivity contribution in [3.05, 3.63) is 35.4 Å². The Morgan fingerprint density at radius 3 is 2.53 bits per heavy atom. The lowest BCUT2D eigenvalue weighted by molar-refractivity contribution is 0.535. The zero-order chi connectivity index (χ0) is 10.7. The third kappa shape index (κ3) is 1.72. The van der Waals surface area contributed by atoms with Gasteiger partial charge in [-0.15, -0.1) is 0 Å². The Morgan fingerprint density at radius 2 is 1.87 bits per heavy atom. The van der Waals surface area contributed by atoms with E-state index in [4.69, 9.17) is 10.5 Å². The van der Waals surface area contributed by atoms with Crippen LogP contribution in [0.3, 0.4) is 0 Å². The van der Waals surface area contributed by atoms with E-state index < -0.39 is 0 Å². The van der Waals surface area contributed by atoms with E-state index in [2.05, 4.69) is 18.2 Å². The van der Waals surface area contributed by atoms with Gasteiger partial charge in [-0.3, -0.25) is 0 Å². The lowest BCUT2D eigenvalue weighted by atomic mass is 9.76. The summed E-state index contributed by atoms with van der Waals surface area (Å²) in [6.07, 6.45) is 2.41. The molecule has 2 nitrogen and oxygen atoms in total. The Morgan fingerprint density at radius 1 is 1.13 bits per heavy atom. The molecule has 0 saturated heterocycles. The molecule has 1 aromatic carbocycles. The van der Waals surface area contributed by atoms with Crippen molar-refractivity contribution in [3.63, 3.8) is 0 Å². The van der Waals surface area contributed by atoms with E-state index >= 15 is 0 Å². The Hall–Kier alpha value is -1.80. The molecule has 0 N–H and O–H groups in total. The van der Waals surface area contributed by atoms with E-state index in [9.17, 15) is 0 Å². The number of hydrogen-bond acceptors (Lipinski definition) is 2. The quantitative estimate of drug-likeness (QED) is 0.693. The van der Waals surface area contributed by atoms with Gasteiger partial charge in [0.2, 0.25) is 0 Å². The van der Waals surface area contributed by atoms with Gasteiger partial charge in [-0.2, -0.15) is 10.5 Å². The fourth-order valence-electron chi connectivity index (χ4n) is 2.34. The van der Waals surface area contributed by atoms with Gasteiger partial charge < -0.3 is 0 Å². The molecule has 0 amide bonds. The SMILES string of the molecule is N#CCC1CCC(C#N)c2ccccc21. The van der Waals surface area contributed by atoms with Crippen LogP contribution in [0.4, 0.5) is 0 Å². The molecule has 0 bridgehead atoms. The summed E-state index contributed by atoms with van der Waals surface area (Å²) in [6, 6.07) is 12.6. The first-order valence-corrected chi connectivity index (χ1v) is 5.22. The van der Waals surface area contributed by atoms with Gasteiger partial charge in [0.1, 0.15) is 0 Å². The van der Waals surface area contributed by atoms with Crippen molar-refractivity contribution in [2.24, 2.45) is 0 Å². The average molecular weight is 196 g/mol. The minimum Gasteiger partial charge on any atom is -0.198 e. The van der Waals surface area contributed by atoms with Crippen LogP contribution < -0.4 is 0 Å². The number of fused-ring (bicyclic) bond motifs is 1. The second-order valence-corrected chi connectivity index (χ2v) is 3.95. The maximum absolute atomic E-state index is 9.04. The topological polar surface area (TPSA) is 47.6 Å². The van der Waals surface area contributed by atoms with Crippen LogP contribution in [0.15, 0.2) is 24.3 Å². The minimum absolute atomic E-state index is 0.0242. The van der Waals surface area contributed by atoms with Gasteiger partial charge in [0, 0.05) is 6.42 Å². The van der Waals surface area contributed by atoms with Crippen LogP contribution in [0.2, 0.25) is 0 Å². The summed E-state index contributed by atoms with van der Waals surface area (Å²) in [4.78, 5) is 0. The molecule has 0 saturated carbocycles. The monoisotopic (exact) mass is 196 g/mol. The summed E-state index contributed by atoms with van der Waals surface area (Å²) in [7, 11) is 0. The Balaban J connectivity index is 2.41. The molecule has 2 rings (SSSR count). The van der Waals surface area contributed by atoms with Crippen LogP contribution in [-0.2, 0) is 0 Å². The van der Waals surface area contributed by atoms with Gasteiger partial charge in [0.05, 0.1) is 18.1 Å². The van der Waals surface area contributed by atoms with Crippen LogP contribution in [-0.4, -0.2) is 0 Å². The van der Waals surface area contributed by atoms with Crippen molar-refractivity contribution < 1.29 is 0 Å². The predicted octanol–water partition coefficient (Wildman–Crippen LogP) is 3.08. The van der Waals surface area contributed by atoms with E-state index in [1.54, 1.807) is 0 Å². The highest BCUT2D eigenvalue weighted by molar-refractivity contribution is 5.39. The van der Waals surface area contributed by atoms with Crippen molar-refractivity contribution in [2.75, 3.05) is 0 Å². The van der Waals surface area contributed by atoms with Crippen LogP contribution in [0, 0.1) is 22.7 Å². The Bertz CT molecular complexity index is 437. The lowest BCUT2D eigenvalue weighted by Gasteiger charge is -2.26. The van der Waals surface area contributed by atoms with E-state index in [0.29, 0.717) is 12.3 Å². The first-order chi connectivity index (χ1) is 7.36. The van der Waals surface area contributed by atoms with Gasteiger partial charge >= 0.3 is 0 Å². The fraction of sp³-hybridized carbons (Fsp3) is 0.385. The van der Waals surface area contributed by atoms with Crippen molar-refractivity contribution in [1.82, 2.24) is 0 Å². The van der Waals surface area contributed by atoms with E-state index in [1.807, 2.05) is 18.2 Å². The van der Waals surface area contributed by atoms with Crippen molar-refractivity contribution in [1.29, 1.82) is 10.5 Å². The van der Waals surface area contributed by atoms with Gasteiger partial charge in [0.15, 0.2) is 0 Å². The Kier molecular flexibility index (Phi) is 2.70. The summed E-state index contributed by atoms with van der Waals surface area (Å²) in [6.45, 7) is 0. The molecule has 0 aromatic heterocycles. The molecule has 0 heterocycles. The molecular formula is C13H12N2. The second kappa shape index (κ2) is 4.15. The highest BCUT2D eigenvalue weighted by Gasteiger charge is 2.26. The summed E-state index contributed by atoms with van der Waals surface area (Å²) in [5.74, 6) is 0.354. The maximum atomic E-state index is 9.04. The number of nitriles is 2. The average Bonchev–Trinajstić information content (AvgIpc) is 2.30. The molecule has 74 valence electrons. The van der Waals surface area contributed by atoms with E-state index in [1.165, 1.54) is 5.56 Å². The molecule has 0 aliphatic heterocycles. The molecule has 2 atom stereocenters. The van der Waals surface area contributed by atoms with Crippen molar-refractivity contribution in [2.45, 2.75) is 31.1 Å². The second-order valence-electron chi connectivity index (χ2n) is 3.95. The maximum Gasteiger partial charge on any atom is 0.0715 e. The highest BCUT2D eigenvalue weighted by atomic mass is 14.3. The molecule has 1 aromatic rings. The lowest BCUT2D eigenvalue weighted by Crippen LogP contribution is -2.13. The van der Waals surface area contributed by atoms with Crippen LogP contribution in [0.25, 0.3) is 0 Å². The standard InChI is InChI=1S/C13H12N2/c14-8-7-10-5-6-11(9-15)13-4-2-1-3-12(10)13/h1-4,10-11H,5-7H2. The largest absolute Gasteiger partial charge is 0.198 e. The molecule has 0 radical (unpaired) electrons. The molecule has 15 heavy (non-hydrogen) atoms. The predicted molar refractivity (Wildman–Crippen MR) is 57.0 cm³/mol. The van der Waals surface area contributed by atoms with Crippen LogP contribution in [0.1, 0.15) is 42.2 Å². The van der Waals surface area contributed by atoms with Gasteiger partial charge in [-0.25, -0.2) is 0 Å². The molecule has 1 aliphatic carbocycles. The molecular weight excluding hydrogens is 184 g/mol. The number of benzene rings is 1. The molecule has 0 spiro atoms. The fourth-order valence-corrected chi connectivity index (χ4v) is 2.34. The molecule has 2 heteroatoms. The summed E-state index contributed by atoms with van der Waals surface area (Å²) < 4.78 is 0.